The van der Waals surface area contributed by atoms with Crippen molar-refractivity contribution in [3.63, 3.8) is 0 Å². The Morgan fingerprint density at radius 3 is 2.27 bits per heavy atom. The summed E-state index contributed by atoms with van der Waals surface area (Å²) < 4.78 is 5.71. The Balaban J connectivity index is 1.25. The van der Waals surface area contributed by atoms with Crippen molar-refractivity contribution in [2.45, 2.75) is 44.7 Å². The molecule has 2 saturated heterocycles. The van der Waals surface area contributed by atoms with E-state index < -0.39 is 0 Å². The Morgan fingerprint density at radius 1 is 0.911 bits per heavy atom. The molecule has 234 valence electrons. The minimum Gasteiger partial charge on any atom is -0.496 e. The number of nitrogens with zero attached hydrogens (tertiary/aromatic N) is 3. The lowest BCUT2D eigenvalue weighted by molar-refractivity contribution is -0.141. The standard InChI is InChI=1S/C36H41N5O4/c1-25(42)38-23-35(43)40-17-14-29(15-18-40)36(44)41-19-16-33(32(24-41)28-6-4-3-5-7-28)39-22-31-20-30(12-13-34(31)45-2)27-10-8-26(21-37)9-11-27/h3-13,20,29,32-33,39H,14-19,22-24H2,1-2H3,(H,38,42)/t32-,33-/m0/s1. The van der Waals surface area contributed by atoms with Crippen LogP contribution in [-0.2, 0) is 20.9 Å². The number of hydrogen-bond donors (Lipinski definition) is 2. The van der Waals surface area contributed by atoms with Gasteiger partial charge in [0.1, 0.15) is 5.75 Å². The Labute approximate surface area is 265 Å². The van der Waals surface area contributed by atoms with Gasteiger partial charge in [-0.15, -0.1) is 0 Å². The summed E-state index contributed by atoms with van der Waals surface area (Å²) >= 11 is 0. The molecule has 0 aromatic heterocycles. The maximum absolute atomic E-state index is 13.7. The van der Waals surface area contributed by atoms with E-state index in [-0.39, 0.29) is 42.1 Å². The topological polar surface area (TPSA) is 115 Å². The van der Waals surface area contributed by atoms with Crippen LogP contribution in [0.15, 0.2) is 72.8 Å². The summed E-state index contributed by atoms with van der Waals surface area (Å²) in [4.78, 5) is 41.1. The molecule has 2 atom stereocenters. The molecule has 0 spiro atoms. The van der Waals surface area contributed by atoms with Crippen molar-refractivity contribution in [3.05, 3.63) is 89.5 Å². The summed E-state index contributed by atoms with van der Waals surface area (Å²) in [6.07, 6.45) is 2.08. The van der Waals surface area contributed by atoms with Gasteiger partial charge in [-0.2, -0.15) is 5.26 Å². The van der Waals surface area contributed by atoms with E-state index in [9.17, 15) is 14.4 Å². The molecule has 0 unspecified atom stereocenters. The zero-order valence-electron chi connectivity index (χ0n) is 26.0. The first-order valence-electron chi connectivity index (χ1n) is 15.6. The predicted molar refractivity (Wildman–Crippen MR) is 172 cm³/mol. The number of amides is 3. The molecular formula is C36H41N5O4. The quantitative estimate of drug-likeness (QED) is 0.379. The van der Waals surface area contributed by atoms with Crippen molar-refractivity contribution < 1.29 is 19.1 Å². The normalized spacial score (nSPS) is 18.6. The highest BCUT2D eigenvalue weighted by atomic mass is 16.5. The van der Waals surface area contributed by atoms with Gasteiger partial charge in [-0.3, -0.25) is 14.4 Å². The van der Waals surface area contributed by atoms with Crippen LogP contribution in [0.2, 0.25) is 0 Å². The van der Waals surface area contributed by atoms with Gasteiger partial charge in [-0.1, -0.05) is 48.5 Å². The highest BCUT2D eigenvalue weighted by molar-refractivity contribution is 5.84. The molecule has 2 N–H and O–H groups in total. The van der Waals surface area contributed by atoms with Crippen molar-refractivity contribution >= 4 is 17.7 Å². The van der Waals surface area contributed by atoms with E-state index in [2.05, 4.69) is 34.9 Å². The molecule has 0 bridgehead atoms. The van der Waals surface area contributed by atoms with Gasteiger partial charge in [0.05, 0.1) is 25.3 Å². The zero-order valence-corrected chi connectivity index (χ0v) is 26.0. The van der Waals surface area contributed by atoms with Crippen LogP contribution in [0.5, 0.6) is 5.75 Å². The van der Waals surface area contributed by atoms with E-state index in [1.807, 2.05) is 59.5 Å². The molecule has 0 aliphatic carbocycles. The maximum Gasteiger partial charge on any atom is 0.241 e. The molecule has 2 aliphatic rings. The molecule has 3 aromatic carbocycles. The molecule has 3 amide bonds. The summed E-state index contributed by atoms with van der Waals surface area (Å²) in [5.74, 6) is 0.660. The van der Waals surface area contributed by atoms with Crippen LogP contribution in [0.4, 0.5) is 0 Å². The number of nitrogens with one attached hydrogen (secondary N) is 2. The van der Waals surface area contributed by atoms with E-state index in [4.69, 9.17) is 10.00 Å². The first-order chi connectivity index (χ1) is 21.9. The van der Waals surface area contributed by atoms with Gasteiger partial charge in [0.25, 0.3) is 0 Å². The fourth-order valence-electron chi connectivity index (χ4n) is 6.45. The summed E-state index contributed by atoms with van der Waals surface area (Å²) in [6.45, 7) is 4.36. The van der Waals surface area contributed by atoms with Gasteiger partial charge < -0.3 is 25.2 Å². The number of hydrogen-bond acceptors (Lipinski definition) is 6. The summed E-state index contributed by atoms with van der Waals surface area (Å²) in [6, 6.07) is 26.4. The van der Waals surface area contributed by atoms with Crippen molar-refractivity contribution in [2.75, 3.05) is 39.8 Å². The van der Waals surface area contributed by atoms with Crippen molar-refractivity contribution in [1.29, 1.82) is 5.26 Å². The summed E-state index contributed by atoms with van der Waals surface area (Å²) in [7, 11) is 1.68. The molecular weight excluding hydrogens is 566 g/mol. The monoisotopic (exact) mass is 607 g/mol. The van der Waals surface area contributed by atoms with Gasteiger partial charge in [-0.25, -0.2) is 0 Å². The van der Waals surface area contributed by atoms with E-state index >= 15 is 0 Å². The second-order valence-electron chi connectivity index (χ2n) is 11.9. The van der Waals surface area contributed by atoms with Crippen LogP contribution in [0.25, 0.3) is 11.1 Å². The lowest BCUT2D eigenvalue weighted by Gasteiger charge is -2.42. The van der Waals surface area contributed by atoms with E-state index in [1.54, 1.807) is 12.0 Å². The van der Waals surface area contributed by atoms with E-state index in [1.165, 1.54) is 12.5 Å². The third kappa shape index (κ3) is 7.89. The average molecular weight is 608 g/mol. The minimum atomic E-state index is -0.227. The number of likely N-dealkylation sites (tertiary alicyclic amines) is 2. The average Bonchev–Trinajstić information content (AvgIpc) is 3.09. The summed E-state index contributed by atoms with van der Waals surface area (Å²) in [5, 5.41) is 15.5. The van der Waals surface area contributed by atoms with Crippen molar-refractivity contribution in [1.82, 2.24) is 20.4 Å². The van der Waals surface area contributed by atoms with Crippen LogP contribution in [0.1, 0.15) is 48.8 Å². The smallest absolute Gasteiger partial charge is 0.241 e. The lowest BCUT2D eigenvalue weighted by atomic mass is 9.84. The van der Waals surface area contributed by atoms with E-state index in [0.717, 1.165) is 28.9 Å². The third-order valence-corrected chi connectivity index (χ3v) is 9.02. The van der Waals surface area contributed by atoms with Crippen LogP contribution in [0.3, 0.4) is 0 Å². The number of rotatable bonds is 9. The zero-order chi connectivity index (χ0) is 31.8. The van der Waals surface area contributed by atoms with Crippen LogP contribution in [-0.4, -0.2) is 73.4 Å². The predicted octanol–water partition coefficient (Wildman–Crippen LogP) is 4.08. The highest BCUT2D eigenvalue weighted by Gasteiger charge is 2.36. The van der Waals surface area contributed by atoms with Gasteiger partial charge in [-0.05, 0) is 60.2 Å². The van der Waals surface area contributed by atoms with Gasteiger partial charge in [0.2, 0.25) is 17.7 Å². The van der Waals surface area contributed by atoms with Crippen LogP contribution < -0.4 is 15.4 Å². The molecule has 2 heterocycles. The first kappa shape index (κ1) is 31.7. The molecule has 2 fully saturated rings. The number of nitriles is 1. The fourth-order valence-corrected chi connectivity index (χ4v) is 6.45. The highest BCUT2D eigenvalue weighted by Crippen LogP contribution is 2.32. The number of carbonyl (C=O) groups excluding carboxylic acids is 3. The molecule has 0 saturated carbocycles. The molecule has 3 aromatic rings. The maximum atomic E-state index is 13.7. The fraction of sp³-hybridized carbons (Fsp3) is 0.389. The lowest BCUT2D eigenvalue weighted by Crippen LogP contribution is -2.52. The number of benzene rings is 3. The second kappa shape index (κ2) is 14.9. The number of piperidine rings is 2. The first-order valence-corrected chi connectivity index (χ1v) is 15.6. The molecule has 45 heavy (non-hydrogen) atoms. The van der Waals surface area contributed by atoms with Gasteiger partial charge >= 0.3 is 0 Å². The third-order valence-electron chi connectivity index (χ3n) is 9.02. The number of carbonyl (C=O) groups is 3. The molecule has 2 aliphatic heterocycles. The Kier molecular flexibility index (Phi) is 10.5. The summed E-state index contributed by atoms with van der Waals surface area (Å²) in [5.41, 5.74) is 4.97. The van der Waals surface area contributed by atoms with Gasteiger partial charge in [0, 0.05) is 63.1 Å². The molecule has 9 nitrogen and oxygen atoms in total. The van der Waals surface area contributed by atoms with E-state index in [0.29, 0.717) is 51.1 Å². The minimum absolute atomic E-state index is 0.00117. The number of methoxy groups -OCH3 is 1. The Bertz CT molecular complexity index is 1530. The molecule has 5 rings (SSSR count). The Hall–Kier alpha value is -4.68. The Morgan fingerprint density at radius 2 is 1.60 bits per heavy atom. The van der Waals surface area contributed by atoms with Crippen LogP contribution >= 0.6 is 0 Å². The molecule has 0 radical (unpaired) electrons. The second-order valence-corrected chi connectivity index (χ2v) is 11.9. The van der Waals surface area contributed by atoms with Crippen molar-refractivity contribution in [2.24, 2.45) is 5.92 Å². The van der Waals surface area contributed by atoms with Gasteiger partial charge in [0.15, 0.2) is 0 Å². The number of ether oxygens (including phenoxy) is 1. The van der Waals surface area contributed by atoms with Crippen LogP contribution in [0, 0.1) is 17.2 Å². The van der Waals surface area contributed by atoms with Crippen molar-refractivity contribution in [3.8, 4) is 22.9 Å². The largest absolute Gasteiger partial charge is 0.496 e. The molecule has 9 heteroatoms. The SMILES string of the molecule is COc1ccc(-c2ccc(C#N)cc2)cc1CN[C@H]1CCN(C(=O)C2CCN(C(=O)CNC(C)=O)CC2)C[C@H]1c1ccccc1.